The summed E-state index contributed by atoms with van der Waals surface area (Å²) in [6.45, 7) is -0.539. The number of ether oxygens (including phenoxy) is 1. The summed E-state index contributed by atoms with van der Waals surface area (Å²) in [5, 5.41) is 7.36. The van der Waals surface area contributed by atoms with Crippen molar-refractivity contribution in [2.75, 3.05) is 46.5 Å². The van der Waals surface area contributed by atoms with Gasteiger partial charge in [-0.25, -0.2) is 22.0 Å². The van der Waals surface area contributed by atoms with Crippen LogP contribution in [0.2, 0.25) is 0 Å². The smallest absolute Gasteiger partial charge is 0.323 e. The summed E-state index contributed by atoms with van der Waals surface area (Å²) in [6, 6.07) is -2.59. The molecule has 0 bridgehead atoms. The number of hydrogen-bond donors (Lipinski definition) is 5. The lowest BCUT2D eigenvalue weighted by Gasteiger charge is -2.23. The van der Waals surface area contributed by atoms with Crippen molar-refractivity contribution < 1.29 is 50.4 Å². The molecule has 1 rings (SSSR count). The zero-order chi connectivity index (χ0) is 29.2. The molecule has 1 aromatic rings. The van der Waals surface area contributed by atoms with Gasteiger partial charge in [-0.3, -0.25) is 19.2 Å². The third kappa shape index (κ3) is 10.4. The second kappa shape index (κ2) is 14.8. The number of esters is 1. The number of amides is 3. The average molecular weight is 573 g/mol. The SMILES string of the molecule is C[N+](C)(C)CCNC(=O)CNC(=O)C(CS)NC(=O)CCC(N)C(=O)OCc1c(F)c(F)c(F)c(F)c1F. The monoisotopic (exact) mass is 572 g/mol. The Hall–Kier alpha value is -2.98. The third-order valence-electron chi connectivity index (χ3n) is 5.01. The molecule has 16 heteroatoms. The fraction of sp³-hybridized carbons (Fsp3) is 0.545. The highest BCUT2D eigenvalue weighted by atomic mass is 32.1. The molecule has 38 heavy (non-hydrogen) atoms. The van der Waals surface area contributed by atoms with Crippen LogP contribution in [0.3, 0.4) is 0 Å². The number of likely N-dealkylation sites (N-methyl/N-ethyl adjacent to an activating group) is 1. The topological polar surface area (TPSA) is 140 Å². The third-order valence-corrected chi connectivity index (χ3v) is 5.37. The summed E-state index contributed by atoms with van der Waals surface area (Å²) in [6.07, 6.45) is -0.723. The highest BCUT2D eigenvalue weighted by Gasteiger charge is 2.27. The maximum absolute atomic E-state index is 13.7. The fourth-order valence-electron chi connectivity index (χ4n) is 2.78. The normalized spacial score (nSPS) is 12.9. The molecule has 0 aromatic heterocycles. The minimum absolute atomic E-state index is 0.114. The Bertz CT molecular complexity index is 1010. The van der Waals surface area contributed by atoms with Crippen molar-refractivity contribution in [2.45, 2.75) is 31.5 Å². The molecule has 0 radical (unpaired) electrons. The quantitative estimate of drug-likeness (QED) is 0.0527. The van der Waals surface area contributed by atoms with E-state index in [1.165, 1.54) is 0 Å². The van der Waals surface area contributed by atoms with E-state index in [9.17, 15) is 41.1 Å². The van der Waals surface area contributed by atoms with Gasteiger partial charge < -0.3 is 30.9 Å². The number of nitrogens with two attached hydrogens (primary N) is 1. The second-order valence-corrected chi connectivity index (χ2v) is 9.55. The molecule has 214 valence electrons. The highest BCUT2D eigenvalue weighted by Crippen LogP contribution is 2.23. The van der Waals surface area contributed by atoms with Crippen LogP contribution in [0.4, 0.5) is 22.0 Å². The van der Waals surface area contributed by atoms with Crippen molar-refractivity contribution in [3.63, 3.8) is 0 Å². The second-order valence-electron chi connectivity index (χ2n) is 9.19. The maximum Gasteiger partial charge on any atom is 0.323 e. The first-order valence-corrected chi connectivity index (χ1v) is 11.9. The van der Waals surface area contributed by atoms with E-state index in [-0.39, 0.29) is 25.1 Å². The van der Waals surface area contributed by atoms with Crippen molar-refractivity contribution >= 4 is 36.3 Å². The Morgan fingerprint density at radius 2 is 1.47 bits per heavy atom. The number of quaternary nitrogens is 1. The van der Waals surface area contributed by atoms with E-state index in [0.717, 1.165) is 0 Å². The van der Waals surface area contributed by atoms with Crippen LogP contribution in [0.25, 0.3) is 0 Å². The number of hydrogen-bond acceptors (Lipinski definition) is 7. The standard InChI is InChI=1S/C22H30F5N5O5S/c1-32(2,3)7-6-29-15(34)8-30-21(35)13(10-38)31-14(33)5-4-12(28)22(36)37-9-11-16(23)18(25)20(27)19(26)17(11)24/h12-13H,4-10,28H2,1-3H3,(H3-,29,30,31,33,34,35,38)/p+1. The lowest BCUT2D eigenvalue weighted by molar-refractivity contribution is -0.869. The Morgan fingerprint density at radius 1 is 0.921 bits per heavy atom. The number of nitrogens with zero attached hydrogens (tertiary/aromatic N) is 1. The number of carbonyl (C=O) groups excluding carboxylic acids is 4. The molecule has 2 atom stereocenters. The van der Waals surface area contributed by atoms with E-state index in [1.54, 1.807) is 0 Å². The number of nitrogens with one attached hydrogen (secondary N) is 3. The number of rotatable bonds is 14. The molecule has 2 unspecified atom stereocenters. The number of halogens is 5. The van der Waals surface area contributed by atoms with Gasteiger partial charge in [0.2, 0.25) is 23.5 Å². The van der Waals surface area contributed by atoms with Crippen LogP contribution < -0.4 is 21.7 Å². The molecule has 0 spiro atoms. The van der Waals surface area contributed by atoms with Gasteiger partial charge in [-0.15, -0.1) is 0 Å². The van der Waals surface area contributed by atoms with Gasteiger partial charge in [0.25, 0.3) is 0 Å². The van der Waals surface area contributed by atoms with Gasteiger partial charge in [-0.1, -0.05) is 0 Å². The van der Waals surface area contributed by atoms with Crippen molar-refractivity contribution in [1.82, 2.24) is 16.0 Å². The molecule has 0 fully saturated rings. The minimum Gasteiger partial charge on any atom is -0.459 e. The first-order chi connectivity index (χ1) is 17.6. The summed E-state index contributed by atoms with van der Waals surface area (Å²) < 4.78 is 72.1. The first-order valence-electron chi connectivity index (χ1n) is 11.3. The summed E-state index contributed by atoms with van der Waals surface area (Å²) in [5.41, 5.74) is 4.21. The van der Waals surface area contributed by atoms with E-state index in [4.69, 9.17) is 5.73 Å². The molecule has 0 saturated heterocycles. The molecule has 0 saturated carbocycles. The lowest BCUT2D eigenvalue weighted by Crippen LogP contribution is -2.50. The van der Waals surface area contributed by atoms with Crippen LogP contribution in [0, 0.1) is 29.1 Å². The van der Waals surface area contributed by atoms with Crippen LogP contribution in [-0.4, -0.2) is 86.8 Å². The first kappa shape index (κ1) is 33.0. The summed E-state index contributed by atoms with van der Waals surface area (Å²) >= 11 is 3.99. The van der Waals surface area contributed by atoms with Crippen LogP contribution >= 0.6 is 12.6 Å². The molecule has 0 aliphatic heterocycles. The van der Waals surface area contributed by atoms with Gasteiger partial charge in [0.05, 0.1) is 46.3 Å². The van der Waals surface area contributed by atoms with Gasteiger partial charge in [-0.2, -0.15) is 12.6 Å². The van der Waals surface area contributed by atoms with E-state index in [1.807, 2.05) is 21.1 Å². The average Bonchev–Trinajstić information content (AvgIpc) is 2.85. The van der Waals surface area contributed by atoms with Crippen LogP contribution in [-0.2, 0) is 30.5 Å². The number of benzene rings is 1. The minimum atomic E-state index is -2.36. The zero-order valence-corrected chi connectivity index (χ0v) is 21.9. The van der Waals surface area contributed by atoms with Crippen molar-refractivity contribution in [3.05, 3.63) is 34.6 Å². The summed E-state index contributed by atoms with van der Waals surface area (Å²) in [4.78, 5) is 48.2. The number of carbonyl (C=O) groups is 4. The van der Waals surface area contributed by atoms with Crippen molar-refractivity contribution in [3.8, 4) is 0 Å². The molecule has 10 nitrogen and oxygen atoms in total. The largest absolute Gasteiger partial charge is 0.459 e. The van der Waals surface area contributed by atoms with E-state index in [0.29, 0.717) is 17.6 Å². The van der Waals surface area contributed by atoms with Crippen LogP contribution in [0.15, 0.2) is 0 Å². The van der Waals surface area contributed by atoms with E-state index < -0.39 is 77.0 Å². The Labute approximate surface area is 221 Å². The predicted molar refractivity (Wildman–Crippen MR) is 128 cm³/mol. The number of thiol groups is 1. The van der Waals surface area contributed by atoms with E-state index >= 15 is 0 Å². The Kier molecular flexibility index (Phi) is 12.9. The van der Waals surface area contributed by atoms with Crippen molar-refractivity contribution in [1.29, 1.82) is 0 Å². The molecule has 3 amide bonds. The van der Waals surface area contributed by atoms with E-state index in [2.05, 4.69) is 33.3 Å². The molecule has 1 aromatic carbocycles. The summed E-state index contributed by atoms with van der Waals surface area (Å²) in [5.74, 6) is -14.2. The summed E-state index contributed by atoms with van der Waals surface area (Å²) in [7, 11) is 5.85. The molecular weight excluding hydrogens is 541 g/mol. The molecule has 0 heterocycles. The van der Waals surface area contributed by atoms with Crippen LogP contribution in [0.1, 0.15) is 18.4 Å². The van der Waals surface area contributed by atoms with Gasteiger partial charge in [0, 0.05) is 12.2 Å². The fourth-order valence-corrected chi connectivity index (χ4v) is 3.03. The van der Waals surface area contributed by atoms with Crippen LogP contribution in [0.5, 0.6) is 0 Å². The van der Waals surface area contributed by atoms with Crippen molar-refractivity contribution in [2.24, 2.45) is 5.73 Å². The Morgan fingerprint density at radius 3 is 2.00 bits per heavy atom. The van der Waals surface area contributed by atoms with Gasteiger partial charge in [-0.05, 0) is 6.42 Å². The predicted octanol–water partition coefficient (Wildman–Crippen LogP) is -0.114. The van der Waals surface area contributed by atoms with Gasteiger partial charge in [0.15, 0.2) is 23.3 Å². The molecular formula is C22H31F5N5O5S+. The molecule has 0 aliphatic rings. The highest BCUT2D eigenvalue weighted by molar-refractivity contribution is 7.80. The zero-order valence-electron chi connectivity index (χ0n) is 21.0. The Balaban J connectivity index is 2.50. The van der Waals surface area contributed by atoms with Gasteiger partial charge in [0.1, 0.15) is 18.7 Å². The lowest BCUT2D eigenvalue weighted by atomic mass is 10.1. The molecule has 5 N–H and O–H groups in total. The van der Waals surface area contributed by atoms with Gasteiger partial charge >= 0.3 is 5.97 Å². The molecule has 0 aliphatic carbocycles. The maximum atomic E-state index is 13.7.